The van der Waals surface area contributed by atoms with Crippen molar-refractivity contribution < 1.29 is 58.1 Å². The summed E-state index contributed by atoms with van der Waals surface area (Å²) < 4.78 is 33.5. The van der Waals surface area contributed by atoms with E-state index in [9.17, 15) is 14.4 Å². The number of ether oxygens (including phenoxy) is 6. The second-order valence-corrected chi connectivity index (χ2v) is 11.0. The van der Waals surface area contributed by atoms with Crippen LogP contribution >= 0.6 is 0 Å². The molecule has 4 aromatic carbocycles. The van der Waals surface area contributed by atoms with Gasteiger partial charge in [0.1, 0.15) is 30.3 Å². The van der Waals surface area contributed by atoms with Crippen LogP contribution in [0.2, 0.25) is 0 Å². The number of methoxy groups -OCH3 is 1. The van der Waals surface area contributed by atoms with Crippen molar-refractivity contribution in [2.24, 2.45) is 0 Å². The van der Waals surface area contributed by atoms with Gasteiger partial charge in [-0.1, -0.05) is 29.8 Å². The monoisotopic (exact) mass is 658 g/mol. The molecule has 4 aromatic rings. The lowest BCUT2D eigenvalue weighted by Crippen LogP contribution is -2.36. The first kappa shape index (κ1) is 34.1. The number of carbonyl (C=O) groups excluding carboxylic acids is 3. The first-order chi connectivity index (χ1) is 22.9. The Hall–Kier alpha value is -5.27. The molecule has 2 aliphatic heterocycles. The van der Waals surface area contributed by atoms with E-state index in [1.807, 2.05) is 31.2 Å². The molecule has 2 N–H and O–H groups in total. The van der Waals surface area contributed by atoms with E-state index < -0.39 is 42.3 Å². The zero-order chi connectivity index (χ0) is 32.8. The van der Waals surface area contributed by atoms with Crippen LogP contribution in [0.25, 0.3) is 0 Å². The molecule has 0 radical (unpaired) electrons. The van der Waals surface area contributed by atoms with Gasteiger partial charge in [0.15, 0.2) is 18.0 Å². The summed E-state index contributed by atoms with van der Waals surface area (Å²) in [5, 5.41) is 0. The van der Waals surface area contributed by atoms with E-state index in [0.29, 0.717) is 22.8 Å². The van der Waals surface area contributed by atoms with Gasteiger partial charge in [-0.15, -0.1) is 0 Å². The Bertz CT molecular complexity index is 1690. The van der Waals surface area contributed by atoms with Crippen molar-refractivity contribution in [1.82, 2.24) is 0 Å². The summed E-state index contributed by atoms with van der Waals surface area (Å²) in [5.74, 6) is -0.113. The van der Waals surface area contributed by atoms with E-state index in [0.717, 1.165) is 11.1 Å². The molecule has 2 fully saturated rings. The maximum absolute atomic E-state index is 12.9. The van der Waals surface area contributed by atoms with Gasteiger partial charge in [0, 0.05) is 0 Å². The molecule has 0 saturated carbocycles. The van der Waals surface area contributed by atoms with Crippen molar-refractivity contribution in [2.45, 2.75) is 37.9 Å². The Balaban J connectivity index is 0.00000451. The lowest BCUT2D eigenvalue weighted by Gasteiger charge is -2.17. The lowest BCUT2D eigenvalue weighted by molar-refractivity contribution is -0.217. The number of esters is 3. The van der Waals surface area contributed by atoms with Crippen LogP contribution in [0, 0.1) is 6.92 Å². The van der Waals surface area contributed by atoms with Crippen molar-refractivity contribution in [3.8, 4) is 17.2 Å². The van der Waals surface area contributed by atoms with Crippen molar-refractivity contribution in [1.29, 1.82) is 0 Å². The Morgan fingerprint density at radius 1 is 0.625 bits per heavy atom. The van der Waals surface area contributed by atoms with Gasteiger partial charge >= 0.3 is 17.9 Å². The molecule has 48 heavy (non-hydrogen) atoms. The molecular weight excluding hydrogens is 624 g/mol. The maximum Gasteiger partial charge on any atom is 0.343 e. The van der Waals surface area contributed by atoms with Crippen LogP contribution in [-0.2, 0) is 30.4 Å². The number of carbonyl (C=O) groups is 3. The Kier molecular flexibility index (Phi) is 11.0. The molecule has 0 bridgehead atoms. The number of hydrogen-bond donors (Lipinski definition) is 0. The van der Waals surface area contributed by atoms with Crippen LogP contribution in [0.15, 0.2) is 97.1 Å². The van der Waals surface area contributed by atoms with E-state index in [2.05, 4.69) is 0 Å². The fourth-order valence-electron chi connectivity index (χ4n) is 5.09. The first-order valence-corrected chi connectivity index (χ1v) is 14.9. The molecule has 2 saturated heterocycles. The fourth-order valence-corrected chi connectivity index (χ4v) is 5.09. The van der Waals surface area contributed by atoms with Crippen LogP contribution in [0.5, 0.6) is 17.2 Å². The van der Waals surface area contributed by atoms with E-state index in [-0.39, 0.29) is 36.4 Å². The number of benzene rings is 4. The van der Waals surface area contributed by atoms with Gasteiger partial charge in [-0.25, -0.2) is 14.4 Å². The highest BCUT2D eigenvalue weighted by atomic mass is 17.2. The van der Waals surface area contributed by atoms with Gasteiger partial charge < -0.3 is 38.8 Å². The largest absolute Gasteiger partial charge is 0.497 e. The van der Waals surface area contributed by atoms with Gasteiger partial charge in [-0.3, -0.25) is 0 Å². The SMILES string of the molecule is COc1ccc(OC(=O)c2ccc(C(=O)OC3COC4C(OC(=O)c5ccc(COOc6ccc(C)cc6)cc5)COC34)cc2)cc1.O. The lowest BCUT2D eigenvalue weighted by atomic mass is 10.1. The maximum atomic E-state index is 12.9. The van der Waals surface area contributed by atoms with Crippen molar-refractivity contribution in [2.75, 3.05) is 20.3 Å². The molecule has 2 heterocycles. The summed E-state index contributed by atoms with van der Waals surface area (Å²) in [7, 11) is 1.55. The summed E-state index contributed by atoms with van der Waals surface area (Å²) in [5.41, 5.74) is 2.79. The Morgan fingerprint density at radius 2 is 1.08 bits per heavy atom. The van der Waals surface area contributed by atoms with Crippen LogP contribution in [0.3, 0.4) is 0 Å². The van der Waals surface area contributed by atoms with Crippen molar-refractivity contribution in [3.05, 3.63) is 125 Å². The van der Waals surface area contributed by atoms with Crippen LogP contribution in [0.4, 0.5) is 0 Å². The van der Waals surface area contributed by atoms with Crippen LogP contribution in [0.1, 0.15) is 42.2 Å². The molecule has 0 amide bonds. The van der Waals surface area contributed by atoms with Gasteiger partial charge in [0.2, 0.25) is 0 Å². The molecule has 0 aliphatic carbocycles. The Labute approximate surface area is 276 Å². The highest BCUT2D eigenvalue weighted by Crippen LogP contribution is 2.31. The number of aryl methyl sites for hydroxylation is 1. The topological polar surface area (TPSA) is 157 Å². The summed E-state index contributed by atoms with van der Waals surface area (Å²) in [6.45, 7) is 2.36. The van der Waals surface area contributed by atoms with E-state index in [1.165, 1.54) is 24.3 Å². The zero-order valence-electron chi connectivity index (χ0n) is 26.2. The number of hydrogen-bond acceptors (Lipinski definition) is 11. The molecule has 4 atom stereocenters. The molecule has 4 unspecified atom stereocenters. The molecule has 2 aliphatic rings. The average Bonchev–Trinajstić information content (AvgIpc) is 3.69. The highest BCUT2D eigenvalue weighted by molar-refractivity contribution is 5.94. The predicted octanol–water partition coefficient (Wildman–Crippen LogP) is 4.46. The predicted molar refractivity (Wildman–Crippen MR) is 169 cm³/mol. The third kappa shape index (κ3) is 8.17. The van der Waals surface area contributed by atoms with Crippen LogP contribution in [-0.4, -0.2) is 68.1 Å². The Morgan fingerprint density at radius 3 is 1.60 bits per heavy atom. The average molecular weight is 659 g/mol. The molecule has 0 spiro atoms. The standard InChI is InChI=1S/C36H32O11.H2O/c1-22-3-13-29(14-4-22)47-43-19-23-5-7-24(8-6-23)35(38)45-30-20-41-33-31(21-42-32(30)33)46-36(39)26-11-9-25(10-12-26)34(37)44-28-17-15-27(40-2)16-18-28;/h3-18,30-33H,19-21H2,1-2H3;1H2. The number of rotatable bonds is 11. The molecule has 12 heteroatoms. The molecule has 250 valence electrons. The second kappa shape index (κ2) is 15.5. The molecular formula is C36H34O12. The van der Waals surface area contributed by atoms with Gasteiger partial charge in [0.25, 0.3) is 0 Å². The minimum atomic E-state index is -0.697. The zero-order valence-corrected chi connectivity index (χ0v) is 26.2. The van der Waals surface area contributed by atoms with E-state index in [1.54, 1.807) is 55.6 Å². The molecule has 12 nitrogen and oxygen atoms in total. The third-order valence-corrected chi connectivity index (χ3v) is 7.70. The van der Waals surface area contributed by atoms with Crippen molar-refractivity contribution in [3.63, 3.8) is 0 Å². The van der Waals surface area contributed by atoms with Crippen molar-refractivity contribution >= 4 is 17.9 Å². The smallest absolute Gasteiger partial charge is 0.343 e. The molecule has 0 aromatic heterocycles. The minimum absolute atomic E-state index is 0. The summed E-state index contributed by atoms with van der Waals surface area (Å²) in [6, 6.07) is 26.8. The van der Waals surface area contributed by atoms with E-state index in [4.69, 9.17) is 38.2 Å². The summed E-state index contributed by atoms with van der Waals surface area (Å²) in [4.78, 5) is 48.8. The highest BCUT2D eigenvalue weighted by Gasteiger charge is 2.51. The third-order valence-electron chi connectivity index (χ3n) is 7.70. The van der Waals surface area contributed by atoms with Gasteiger partial charge in [-0.2, -0.15) is 4.89 Å². The first-order valence-electron chi connectivity index (χ1n) is 14.9. The quantitative estimate of drug-likeness (QED) is 0.0970. The second-order valence-electron chi connectivity index (χ2n) is 11.0. The number of fused-ring (bicyclic) bond motifs is 1. The van der Waals surface area contributed by atoms with Crippen LogP contribution < -0.4 is 14.4 Å². The molecule has 6 rings (SSSR count). The van der Waals surface area contributed by atoms with E-state index >= 15 is 0 Å². The normalized spacial score (nSPS) is 19.4. The fraction of sp³-hybridized carbons (Fsp3) is 0.250. The summed E-state index contributed by atoms with van der Waals surface area (Å²) >= 11 is 0. The van der Waals surface area contributed by atoms with Gasteiger partial charge in [0.05, 0.1) is 37.0 Å². The summed E-state index contributed by atoms with van der Waals surface area (Å²) in [6.07, 6.45) is -2.54. The minimum Gasteiger partial charge on any atom is -0.497 e. The van der Waals surface area contributed by atoms with Gasteiger partial charge in [-0.05, 0) is 85.3 Å².